The molecule has 0 radical (unpaired) electrons. The zero-order valence-electron chi connectivity index (χ0n) is 17.1. The number of carbonyl (C=O) groups excluding carboxylic acids is 1. The molecule has 3 rings (SSSR count). The molecule has 0 saturated heterocycles. The quantitative estimate of drug-likeness (QED) is 0.491. The van der Waals surface area contributed by atoms with Gasteiger partial charge < -0.3 is 0 Å². The summed E-state index contributed by atoms with van der Waals surface area (Å²) in [5.74, 6) is -0.369. The molecule has 0 spiro atoms. The zero-order chi connectivity index (χ0) is 21.9. The molecule has 3 aromatic carbocycles. The van der Waals surface area contributed by atoms with Gasteiger partial charge in [-0.05, 0) is 40.8 Å². The average Bonchev–Trinajstić information content (AvgIpc) is 2.66. The van der Waals surface area contributed by atoms with E-state index in [1.54, 1.807) is 60.7 Å². The van der Waals surface area contributed by atoms with E-state index in [0.717, 1.165) is 5.56 Å². The van der Waals surface area contributed by atoms with Crippen LogP contribution in [0.3, 0.4) is 0 Å². The van der Waals surface area contributed by atoms with Crippen molar-refractivity contribution >= 4 is 33.1 Å². The Morgan fingerprint density at radius 3 is 2.20 bits per heavy atom. The molecule has 30 heavy (non-hydrogen) atoms. The van der Waals surface area contributed by atoms with Gasteiger partial charge >= 0.3 is 0 Å². The Labute approximate surface area is 183 Å². The third-order valence-corrected chi connectivity index (χ3v) is 6.15. The fourth-order valence-electron chi connectivity index (χ4n) is 3.07. The first-order valence-corrected chi connectivity index (χ1v) is 11.6. The van der Waals surface area contributed by atoms with E-state index in [1.807, 2.05) is 12.1 Å². The van der Waals surface area contributed by atoms with Crippen molar-refractivity contribution in [1.29, 1.82) is 0 Å². The van der Waals surface area contributed by atoms with Gasteiger partial charge in [0.25, 0.3) is 0 Å². The molecular formula is C24H24ClNO3S. The number of halogens is 1. The molecule has 1 N–H and O–H groups in total. The lowest BCUT2D eigenvalue weighted by molar-refractivity contribution is 0.103. The molecule has 156 valence electrons. The van der Waals surface area contributed by atoms with Gasteiger partial charge in [0, 0.05) is 21.8 Å². The molecule has 0 fully saturated rings. The molecule has 0 unspecified atom stereocenters. The minimum atomic E-state index is -3.65. The van der Waals surface area contributed by atoms with E-state index < -0.39 is 10.0 Å². The Morgan fingerprint density at radius 2 is 1.57 bits per heavy atom. The molecule has 0 aliphatic carbocycles. The highest BCUT2D eigenvalue weighted by Crippen LogP contribution is 2.24. The number of hydrogen-bond acceptors (Lipinski definition) is 3. The number of rotatable bonds is 6. The third kappa shape index (κ3) is 5.71. The number of carbonyl (C=O) groups is 1. The highest BCUT2D eigenvalue weighted by molar-refractivity contribution is 7.91. The van der Waals surface area contributed by atoms with Crippen LogP contribution >= 0.6 is 11.6 Å². The van der Waals surface area contributed by atoms with E-state index in [2.05, 4.69) is 25.5 Å². The van der Waals surface area contributed by atoms with Crippen LogP contribution < -0.4 is 4.72 Å². The van der Waals surface area contributed by atoms with Crippen LogP contribution in [0.15, 0.2) is 72.8 Å². The summed E-state index contributed by atoms with van der Waals surface area (Å²) in [5, 5.41) is 0.479. The summed E-state index contributed by atoms with van der Waals surface area (Å²) >= 11 is 5.93. The van der Waals surface area contributed by atoms with E-state index in [-0.39, 0.29) is 17.0 Å². The number of anilines is 1. The number of ketones is 1. The Hall–Kier alpha value is -2.63. The largest absolute Gasteiger partial charge is 0.289 e. The minimum absolute atomic E-state index is 0.00273. The monoisotopic (exact) mass is 441 g/mol. The van der Waals surface area contributed by atoms with Gasteiger partial charge in [0.2, 0.25) is 10.0 Å². The van der Waals surface area contributed by atoms with Crippen LogP contribution in [0.5, 0.6) is 0 Å². The predicted octanol–water partition coefficient (Wildman–Crippen LogP) is 5.81. The fourth-order valence-corrected chi connectivity index (χ4v) is 4.46. The molecule has 0 aliphatic heterocycles. The summed E-state index contributed by atoms with van der Waals surface area (Å²) in [6.07, 6.45) is 0. The standard InChI is InChI=1S/C24H24ClNO3S/c1-24(2,3)20-12-10-18(11-13-20)23(27)19-7-5-9-22(15-19)26-30(28,29)16-17-6-4-8-21(25)14-17/h4-15,26H,16H2,1-3H3. The van der Waals surface area contributed by atoms with Crippen LogP contribution in [0.25, 0.3) is 0 Å². The maximum atomic E-state index is 12.9. The van der Waals surface area contributed by atoms with Gasteiger partial charge in [-0.15, -0.1) is 0 Å². The van der Waals surface area contributed by atoms with Gasteiger partial charge in [-0.3, -0.25) is 9.52 Å². The topological polar surface area (TPSA) is 63.2 Å². The smallest absolute Gasteiger partial charge is 0.236 e. The maximum absolute atomic E-state index is 12.9. The molecule has 4 nitrogen and oxygen atoms in total. The third-order valence-electron chi connectivity index (χ3n) is 4.66. The van der Waals surface area contributed by atoms with Gasteiger partial charge in [-0.1, -0.05) is 80.9 Å². The van der Waals surface area contributed by atoms with Crippen molar-refractivity contribution in [2.75, 3.05) is 4.72 Å². The van der Waals surface area contributed by atoms with Crippen LogP contribution in [-0.2, 0) is 21.2 Å². The second-order valence-corrected chi connectivity index (χ2v) is 10.4. The van der Waals surface area contributed by atoms with Gasteiger partial charge in [0.1, 0.15) is 0 Å². The number of benzene rings is 3. The summed E-state index contributed by atoms with van der Waals surface area (Å²) in [6, 6.07) is 20.7. The molecule has 0 aliphatic rings. The SMILES string of the molecule is CC(C)(C)c1ccc(C(=O)c2cccc(NS(=O)(=O)Cc3cccc(Cl)c3)c2)cc1. The van der Waals surface area contributed by atoms with Gasteiger partial charge in [-0.25, -0.2) is 8.42 Å². The summed E-state index contributed by atoms with van der Waals surface area (Å²) < 4.78 is 27.6. The Balaban J connectivity index is 1.77. The lowest BCUT2D eigenvalue weighted by Gasteiger charge is -2.19. The first-order chi connectivity index (χ1) is 14.0. The van der Waals surface area contributed by atoms with Gasteiger partial charge in [0.15, 0.2) is 5.78 Å². The highest BCUT2D eigenvalue weighted by atomic mass is 35.5. The molecule has 0 atom stereocenters. The molecule has 3 aromatic rings. The Kier molecular flexibility index (Phi) is 6.34. The second kappa shape index (κ2) is 8.62. The average molecular weight is 442 g/mol. The van der Waals surface area contributed by atoms with Crippen molar-refractivity contribution in [1.82, 2.24) is 0 Å². The van der Waals surface area contributed by atoms with Gasteiger partial charge in [-0.2, -0.15) is 0 Å². The second-order valence-electron chi connectivity index (χ2n) is 8.23. The van der Waals surface area contributed by atoms with Crippen molar-refractivity contribution in [3.63, 3.8) is 0 Å². The van der Waals surface area contributed by atoms with Crippen molar-refractivity contribution in [2.45, 2.75) is 31.9 Å². The first-order valence-electron chi connectivity index (χ1n) is 9.54. The van der Waals surface area contributed by atoms with E-state index in [9.17, 15) is 13.2 Å². The molecule has 0 heterocycles. The summed E-state index contributed by atoms with van der Waals surface area (Å²) in [7, 11) is -3.65. The van der Waals surface area contributed by atoms with Crippen molar-refractivity contribution < 1.29 is 13.2 Å². The van der Waals surface area contributed by atoms with Crippen LogP contribution in [0, 0.1) is 0 Å². The van der Waals surface area contributed by atoms with E-state index >= 15 is 0 Å². The summed E-state index contributed by atoms with van der Waals surface area (Å²) in [5.41, 5.74) is 3.04. The molecule has 0 saturated carbocycles. The number of nitrogens with one attached hydrogen (secondary N) is 1. The fraction of sp³-hybridized carbons (Fsp3) is 0.208. The van der Waals surface area contributed by atoms with Crippen LogP contribution in [0.2, 0.25) is 5.02 Å². The predicted molar refractivity (Wildman–Crippen MR) is 123 cm³/mol. The molecule has 0 amide bonds. The van der Waals surface area contributed by atoms with Crippen molar-refractivity contribution in [3.8, 4) is 0 Å². The Bertz CT molecular complexity index is 1160. The molecular weight excluding hydrogens is 418 g/mol. The number of hydrogen-bond donors (Lipinski definition) is 1. The highest BCUT2D eigenvalue weighted by Gasteiger charge is 2.16. The van der Waals surface area contributed by atoms with Crippen molar-refractivity contribution in [3.05, 3.63) is 100 Å². The van der Waals surface area contributed by atoms with Crippen molar-refractivity contribution in [2.24, 2.45) is 0 Å². The van der Waals surface area contributed by atoms with E-state index in [0.29, 0.717) is 27.4 Å². The van der Waals surface area contributed by atoms with E-state index in [1.165, 1.54) is 0 Å². The van der Waals surface area contributed by atoms with Crippen LogP contribution in [0.4, 0.5) is 5.69 Å². The zero-order valence-corrected chi connectivity index (χ0v) is 18.7. The Morgan fingerprint density at radius 1 is 0.900 bits per heavy atom. The van der Waals surface area contributed by atoms with E-state index in [4.69, 9.17) is 11.6 Å². The van der Waals surface area contributed by atoms with Crippen LogP contribution in [0.1, 0.15) is 47.8 Å². The minimum Gasteiger partial charge on any atom is -0.289 e. The molecule has 6 heteroatoms. The lowest BCUT2D eigenvalue weighted by atomic mass is 9.86. The first kappa shape index (κ1) is 22.1. The number of sulfonamides is 1. The normalized spacial score (nSPS) is 11.9. The van der Waals surface area contributed by atoms with Gasteiger partial charge in [0.05, 0.1) is 5.75 Å². The lowest BCUT2D eigenvalue weighted by Crippen LogP contribution is -2.15. The summed E-state index contributed by atoms with van der Waals surface area (Å²) in [6.45, 7) is 6.34. The van der Waals surface area contributed by atoms with Crippen LogP contribution in [-0.4, -0.2) is 14.2 Å². The maximum Gasteiger partial charge on any atom is 0.236 e. The molecule has 0 aromatic heterocycles. The molecule has 0 bridgehead atoms. The summed E-state index contributed by atoms with van der Waals surface area (Å²) in [4.78, 5) is 12.9.